The van der Waals surface area contributed by atoms with Crippen molar-refractivity contribution >= 4 is 5.91 Å². The van der Waals surface area contributed by atoms with E-state index in [1.54, 1.807) is 7.11 Å². The third-order valence-corrected chi connectivity index (χ3v) is 4.93. The number of methoxy groups -OCH3 is 1. The molecular formula is C22H28N2O3. The molecule has 3 rings (SSSR count). The van der Waals surface area contributed by atoms with Gasteiger partial charge in [0.25, 0.3) is 0 Å². The molecule has 1 fully saturated rings. The highest BCUT2D eigenvalue weighted by atomic mass is 16.5. The molecule has 1 unspecified atom stereocenters. The topological polar surface area (TPSA) is 50.8 Å². The van der Waals surface area contributed by atoms with E-state index >= 15 is 0 Å². The Labute approximate surface area is 161 Å². The average Bonchev–Trinajstić information content (AvgIpc) is 2.73. The monoisotopic (exact) mass is 368 g/mol. The van der Waals surface area contributed by atoms with Gasteiger partial charge in [0.15, 0.2) is 0 Å². The van der Waals surface area contributed by atoms with Crippen molar-refractivity contribution in [2.75, 3.05) is 40.0 Å². The number of rotatable bonds is 8. The molecule has 1 N–H and O–H groups in total. The molecule has 0 saturated carbocycles. The summed E-state index contributed by atoms with van der Waals surface area (Å²) in [5.41, 5.74) is 2.28. The summed E-state index contributed by atoms with van der Waals surface area (Å²) in [6.07, 6.45) is 1.30. The molecule has 5 nitrogen and oxygen atoms in total. The van der Waals surface area contributed by atoms with E-state index in [1.165, 1.54) is 5.56 Å². The van der Waals surface area contributed by atoms with Crippen molar-refractivity contribution in [1.82, 2.24) is 10.2 Å². The second-order valence-corrected chi connectivity index (χ2v) is 6.82. The highest BCUT2D eigenvalue weighted by Crippen LogP contribution is 2.13. The normalized spacial score (nSPS) is 15.9. The van der Waals surface area contributed by atoms with Gasteiger partial charge in [0.05, 0.1) is 26.7 Å². The number of carbonyl (C=O) groups is 1. The van der Waals surface area contributed by atoms with Crippen LogP contribution in [0.3, 0.4) is 0 Å². The quantitative estimate of drug-likeness (QED) is 0.777. The van der Waals surface area contributed by atoms with Crippen molar-refractivity contribution in [3.63, 3.8) is 0 Å². The van der Waals surface area contributed by atoms with E-state index in [0.29, 0.717) is 13.0 Å². The number of benzene rings is 2. The predicted molar refractivity (Wildman–Crippen MR) is 106 cm³/mol. The molecule has 0 spiro atoms. The summed E-state index contributed by atoms with van der Waals surface area (Å²) < 4.78 is 10.6. The molecule has 1 aliphatic rings. The van der Waals surface area contributed by atoms with Crippen molar-refractivity contribution in [2.24, 2.45) is 0 Å². The van der Waals surface area contributed by atoms with Crippen molar-refractivity contribution in [3.05, 3.63) is 65.7 Å². The first-order valence-corrected chi connectivity index (χ1v) is 9.50. The minimum Gasteiger partial charge on any atom is -0.497 e. The van der Waals surface area contributed by atoms with Crippen LogP contribution in [0.25, 0.3) is 0 Å². The Morgan fingerprint density at radius 1 is 1.07 bits per heavy atom. The Balaban J connectivity index is 1.56. The molecule has 2 aromatic rings. The Morgan fingerprint density at radius 2 is 1.78 bits per heavy atom. The van der Waals surface area contributed by atoms with Crippen LogP contribution >= 0.6 is 0 Å². The summed E-state index contributed by atoms with van der Waals surface area (Å²) >= 11 is 0. The maximum Gasteiger partial charge on any atom is 0.224 e. The lowest BCUT2D eigenvalue weighted by Crippen LogP contribution is -2.50. The van der Waals surface area contributed by atoms with Crippen molar-refractivity contribution in [2.45, 2.75) is 18.9 Å². The van der Waals surface area contributed by atoms with Gasteiger partial charge < -0.3 is 14.8 Å². The largest absolute Gasteiger partial charge is 0.497 e. The molecule has 1 aliphatic heterocycles. The van der Waals surface area contributed by atoms with Gasteiger partial charge in [0, 0.05) is 25.7 Å². The molecule has 5 heteroatoms. The maximum atomic E-state index is 12.4. The molecule has 27 heavy (non-hydrogen) atoms. The number of nitrogens with zero attached hydrogens (tertiary/aromatic N) is 1. The van der Waals surface area contributed by atoms with Crippen LogP contribution in [0.2, 0.25) is 0 Å². The minimum atomic E-state index is 0.0477. The SMILES string of the molecule is COc1ccc(CC(=O)NCC(Cc2ccccc2)N2CCOCC2)cc1. The third-order valence-electron chi connectivity index (χ3n) is 4.93. The maximum absolute atomic E-state index is 12.4. The van der Waals surface area contributed by atoms with E-state index in [-0.39, 0.29) is 11.9 Å². The fourth-order valence-corrected chi connectivity index (χ4v) is 3.38. The lowest BCUT2D eigenvalue weighted by molar-refractivity contribution is -0.120. The van der Waals surface area contributed by atoms with Gasteiger partial charge in [0.1, 0.15) is 5.75 Å². The zero-order valence-corrected chi connectivity index (χ0v) is 15.9. The summed E-state index contributed by atoms with van der Waals surface area (Å²) in [5.74, 6) is 0.848. The van der Waals surface area contributed by atoms with Gasteiger partial charge in [-0.2, -0.15) is 0 Å². The zero-order chi connectivity index (χ0) is 18.9. The molecule has 0 radical (unpaired) electrons. The van der Waals surface area contributed by atoms with Gasteiger partial charge in [-0.25, -0.2) is 0 Å². The molecular weight excluding hydrogens is 340 g/mol. The van der Waals surface area contributed by atoms with E-state index in [4.69, 9.17) is 9.47 Å². The zero-order valence-electron chi connectivity index (χ0n) is 15.9. The van der Waals surface area contributed by atoms with Crippen molar-refractivity contribution < 1.29 is 14.3 Å². The van der Waals surface area contributed by atoms with Crippen LogP contribution in [0.15, 0.2) is 54.6 Å². The molecule has 1 saturated heterocycles. The van der Waals surface area contributed by atoms with Crippen LogP contribution in [0.4, 0.5) is 0 Å². The molecule has 144 valence electrons. The molecule has 0 aliphatic carbocycles. The number of ether oxygens (including phenoxy) is 2. The van der Waals surface area contributed by atoms with Crippen LogP contribution in [0, 0.1) is 0 Å². The summed E-state index contributed by atoms with van der Waals surface area (Å²) in [4.78, 5) is 14.8. The van der Waals surface area contributed by atoms with Crippen LogP contribution in [0.1, 0.15) is 11.1 Å². The van der Waals surface area contributed by atoms with E-state index in [0.717, 1.165) is 44.0 Å². The van der Waals surface area contributed by atoms with Gasteiger partial charge in [-0.1, -0.05) is 42.5 Å². The number of carbonyl (C=O) groups excluding carboxylic acids is 1. The first kappa shape index (κ1) is 19.4. The second kappa shape index (κ2) is 10.1. The summed E-state index contributed by atoms with van der Waals surface area (Å²) in [6.45, 7) is 3.97. The van der Waals surface area contributed by atoms with Gasteiger partial charge in [0.2, 0.25) is 5.91 Å². The van der Waals surface area contributed by atoms with Crippen LogP contribution in [-0.4, -0.2) is 56.8 Å². The summed E-state index contributed by atoms with van der Waals surface area (Å²) in [5, 5.41) is 3.12. The molecule has 2 aromatic carbocycles. The van der Waals surface area contributed by atoms with Crippen molar-refractivity contribution in [3.8, 4) is 5.75 Å². The van der Waals surface area contributed by atoms with E-state index in [2.05, 4.69) is 34.5 Å². The molecule has 1 atom stereocenters. The van der Waals surface area contributed by atoms with E-state index < -0.39 is 0 Å². The molecule has 1 amide bonds. The smallest absolute Gasteiger partial charge is 0.224 e. The van der Waals surface area contributed by atoms with Gasteiger partial charge in [-0.05, 0) is 29.7 Å². The molecule has 0 aromatic heterocycles. The fraction of sp³-hybridized carbons (Fsp3) is 0.409. The minimum absolute atomic E-state index is 0.0477. The Hall–Kier alpha value is -2.37. The highest BCUT2D eigenvalue weighted by molar-refractivity contribution is 5.78. The van der Waals surface area contributed by atoms with Gasteiger partial charge in [-0.3, -0.25) is 9.69 Å². The molecule has 0 bridgehead atoms. The summed E-state index contributed by atoms with van der Waals surface area (Å²) in [6, 6.07) is 18.4. The van der Waals surface area contributed by atoms with Crippen molar-refractivity contribution in [1.29, 1.82) is 0 Å². The number of hydrogen-bond donors (Lipinski definition) is 1. The first-order valence-electron chi connectivity index (χ1n) is 9.50. The standard InChI is InChI=1S/C22H28N2O3/c1-26-21-9-7-19(8-10-21)16-22(25)23-17-20(24-11-13-27-14-12-24)15-18-5-3-2-4-6-18/h2-10,20H,11-17H2,1H3,(H,23,25). The Morgan fingerprint density at radius 3 is 2.44 bits per heavy atom. The summed E-state index contributed by atoms with van der Waals surface area (Å²) in [7, 11) is 1.64. The first-order chi connectivity index (χ1) is 13.2. The fourth-order valence-electron chi connectivity index (χ4n) is 3.38. The lowest BCUT2D eigenvalue weighted by Gasteiger charge is -2.34. The lowest BCUT2D eigenvalue weighted by atomic mass is 10.0. The van der Waals surface area contributed by atoms with Crippen LogP contribution in [0.5, 0.6) is 5.75 Å². The number of hydrogen-bond acceptors (Lipinski definition) is 4. The number of nitrogens with one attached hydrogen (secondary N) is 1. The Kier molecular flexibility index (Phi) is 7.25. The average molecular weight is 368 g/mol. The Bertz CT molecular complexity index is 697. The van der Waals surface area contributed by atoms with Gasteiger partial charge >= 0.3 is 0 Å². The number of amides is 1. The third kappa shape index (κ3) is 6.08. The highest BCUT2D eigenvalue weighted by Gasteiger charge is 2.22. The van der Waals surface area contributed by atoms with Crippen LogP contribution in [-0.2, 0) is 22.4 Å². The molecule has 1 heterocycles. The predicted octanol–water partition coefficient (Wildman–Crippen LogP) is 2.30. The van der Waals surface area contributed by atoms with E-state index in [1.807, 2.05) is 30.3 Å². The number of morpholine rings is 1. The van der Waals surface area contributed by atoms with Gasteiger partial charge in [-0.15, -0.1) is 0 Å². The van der Waals surface area contributed by atoms with Crippen LogP contribution < -0.4 is 10.1 Å². The second-order valence-electron chi connectivity index (χ2n) is 6.82. The van der Waals surface area contributed by atoms with E-state index in [9.17, 15) is 4.79 Å².